The summed E-state index contributed by atoms with van der Waals surface area (Å²) in [4.78, 5) is 10.1. The van der Waals surface area contributed by atoms with Gasteiger partial charge in [0.25, 0.3) is 0 Å². The van der Waals surface area contributed by atoms with E-state index in [4.69, 9.17) is 0 Å². The van der Waals surface area contributed by atoms with Gasteiger partial charge in [0, 0.05) is 16.6 Å². The Morgan fingerprint density at radius 2 is 1.56 bits per heavy atom. The fourth-order valence-corrected chi connectivity index (χ4v) is 4.50. The number of nitrogens with zero attached hydrogens (tertiary/aromatic N) is 2. The SMILES string of the molecule is Cc1cc(C)c(Nc2ncnc3scc(-c4ccc(C)c(C)c4)c23)c(C)c1. The van der Waals surface area contributed by atoms with Gasteiger partial charge in [-0.05, 0) is 62.4 Å². The monoisotopic (exact) mass is 373 g/mol. The summed E-state index contributed by atoms with van der Waals surface area (Å²) in [5, 5.41) is 6.86. The molecule has 4 heteroatoms. The van der Waals surface area contributed by atoms with Crippen LogP contribution >= 0.6 is 11.3 Å². The molecule has 2 aromatic heterocycles. The number of aryl methyl sites for hydroxylation is 5. The standard InChI is InChI=1S/C23H23N3S/c1-13-8-16(4)21(17(5)9-13)26-22-20-19(11-27-23(20)25-12-24-22)18-7-6-14(2)15(3)10-18/h6-12H,1-5H3,(H,24,25,26). The molecule has 3 nitrogen and oxygen atoms in total. The van der Waals surface area contributed by atoms with E-state index in [0.29, 0.717) is 0 Å². The van der Waals surface area contributed by atoms with Crippen LogP contribution in [0.15, 0.2) is 42.0 Å². The molecule has 1 N–H and O–H groups in total. The molecule has 0 amide bonds. The van der Waals surface area contributed by atoms with Crippen molar-refractivity contribution in [3.05, 3.63) is 69.9 Å². The Morgan fingerprint density at radius 1 is 0.815 bits per heavy atom. The summed E-state index contributed by atoms with van der Waals surface area (Å²) in [5.41, 5.74) is 9.84. The van der Waals surface area contributed by atoms with E-state index < -0.39 is 0 Å². The van der Waals surface area contributed by atoms with Crippen LogP contribution in [0.3, 0.4) is 0 Å². The van der Waals surface area contributed by atoms with Gasteiger partial charge in [-0.25, -0.2) is 9.97 Å². The van der Waals surface area contributed by atoms with Gasteiger partial charge in [0.15, 0.2) is 0 Å². The first-order valence-corrected chi connectivity index (χ1v) is 9.96. The van der Waals surface area contributed by atoms with Gasteiger partial charge in [0.1, 0.15) is 17.0 Å². The van der Waals surface area contributed by atoms with Crippen molar-refractivity contribution in [3.63, 3.8) is 0 Å². The molecule has 2 aromatic carbocycles. The van der Waals surface area contributed by atoms with E-state index in [0.717, 1.165) is 21.7 Å². The van der Waals surface area contributed by atoms with Crippen molar-refractivity contribution in [1.82, 2.24) is 9.97 Å². The molecule has 2 heterocycles. The number of nitrogens with one attached hydrogen (secondary N) is 1. The predicted octanol–water partition coefficient (Wildman–Crippen LogP) is 6.64. The third-order valence-corrected chi connectivity index (χ3v) is 5.99. The second-order valence-corrected chi connectivity index (χ2v) is 8.11. The lowest BCUT2D eigenvalue weighted by Crippen LogP contribution is -2.00. The molecule has 0 atom stereocenters. The van der Waals surface area contributed by atoms with Gasteiger partial charge in [-0.15, -0.1) is 11.3 Å². The third-order valence-electron chi connectivity index (χ3n) is 5.11. The normalized spacial score (nSPS) is 11.1. The van der Waals surface area contributed by atoms with Crippen LogP contribution in [-0.2, 0) is 0 Å². The maximum Gasteiger partial charge on any atom is 0.143 e. The summed E-state index contributed by atoms with van der Waals surface area (Å²) < 4.78 is 0. The summed E-state index contributed by atoms with van der Waals surface area (Å²) in [6.45, 7) is 10.7. The van der Waals surface area contributed by atoms with E-state index in [-0.39, 0.29) is 0 Å². The zero-order valence-electron chi connectivity index (χ0n) is 16.3. The molecule has 0 bridgehead atoms. The fourth-order valence-electron chi connectivity index (χ4n) is 3.59. The van der Waals surface area contributed by atoms with Crippen molar-refractivity contribution in [2.45, 2.75) is 34.6 Å². The highest BCUT2D eigenvalue weighted by Crippen LogP contribution is 2.38. The smallest absolute Gasteiger partial charge is 0.143 e. The number of rotatable bonds is 3. The van der Waals surface area contributed by atoms with Gasteiger partial charge in [0.2, 0.25) is 0 Å². The molecule has 0 unspecified atom stereocenters. The van der Waals surface area contributed by atoms with E-state index >= 15 is 0 Å². The van der Waals surface area contributed by atoms with Crippen molar-refractivity contribution < 1.29 is 0 Å². The molecule has 0 fully saturated rings. The lowest BCUT2D eigenvalue weighted by molar-refractivity contribution is 1.22. The molecule has 0 aliphatic heterocycles. The van der Waals surface area contributed by atoms with Crippen LogP contribution in [0.1, 0.15) is 27.8 Å². The highest BCUT2D eigenvalue weighted by Gasteiger charge is 2.15. The maximum absolute atomic E-state index is 4.59. The highest BCUT2D eigenvalue weighted by atomic mass is 32.1. The van der Waals surface area contributed by atoms with Crippen molar-refractivity contribution in [1.29, 1.82) is 0 Å². The molecule has 27 heavy (non-hydrogen) atoms. The van der Waals surface area contributed by atoms with Gasteiger partial charge in [0.05, 0.1) is 5.39 Å². The molecule has 4 aromatic rings. The van der Waals surface area contributed by atoms with Crippen LogP contribution in [0.2, 0.25) is 0 Å². The van der Waals surface area contributed by atoms with Crippen molar-refractivity contribution in [2.75, 3.05) is 5.32 Å². The highest BCUT2D eigenvalue weighted by molar-refractivity contribution is 7.17. The van der Waals surface area contributed by atoms with Crippen molar-refractivity contribution in [3.8, 4) is 11.1 Å². The second-order valence-electron chi connectivity index (χ2n) is 7.25. The Labute approximate surface area is 164 Å². The zero-order valence-corrected chi connectivity index (χ0v) is 17.2. The van der Waals surface area contributed by atoms with E-state index in [2.05, 4.69) is 85.6 Å². The summed E-state index contributed by atoms with van der Waals surface area (Å²) in [6.07, 6.45) is 1.64. The summed E-state index contributed by atoms with van der Waals surface area (Å²) >= 11 is 1.66. The van der Waals surface area contributed by atoms with E-state index in [1.165, 1.54) is 38.9 Å². The summed E-state index contributed by atoms with van der Waals surface area (Å²) in [6, 6.07) is 11.0. The minimum absolute atomic E-state index is 0.865. The van der Waals surface area contributed by atoms with E-state index in [9.17, 15) is 0 Å². The Balaban J connectivity index is 1.87. The van der Waals surface area contributed by atoms with E-state index in [1.807, 2.05) is 0 Å². The molecule has 0 radical (unpaired) electrons. The lowest BCUT2D eigenvalue weighted by Gasteiger charge is -2.14. The third kappa shape index (κ3) is 3.21. The number of anilines is 2. The van der Waals surface area contributed by atoms with Crippen LogP contribution < -0.4 is 5.32 Å². The van der Waals surface area contributed by atoms with Crippen LogP contribution in [0.5, 0.6) is 0 Å². The molecule has 0 aliphatic rings. The van der Waals surface area contributed by atoms with Crippen LogP contribution in [0, 0.1) is 34.6 Å². The second kappa shape index (κ2) is 6.78. The van der Waals surface area contributed by atoms with Crippen LogP contribution in [0.25, 0.3) is 21.3 Å². The number of hydrogen-bond acceptors (Lipinski definition) is 4. The maximum atomic E-state index is 4.59. The van der Waals surface area contributed by atoms with Gasteiger partial charge < -0.3 is 5.32 Å². The Hall–Kier alpha value is -2.72. The molecule has 0 saturated heterocycles. The number of benzene rings is 2. The molecule has 136 valence electrons. The fraction of sp³-hybridized carbons (Fsp3) is 0.217. The molecule has 0 saturated carbocycles. The molecule has 0 spiro atoms. The lowest BCUT2D eigenvalue weighted by atomic mass is 10.0. The molecule has 4 rings (SSSR count). The number of fused-ring (bicyclic) bond motifs is 1. The van der Waals surface area contributed by atoms with Gasteiger partial charge in [-0.2, -0.15) is 0 Å². The molecular formula is C23H23N3S. The van der Waals surface area contributed by atoms with Gasteiger partial charge in [-0.1, -0.05) is 35.9 Å². The van der Waals surface area contributed by atoms with Crippen molar-refractivity contribution in [2.24, 2.45) is 0 Å². The predicted molar refractivity (Wildman–Crippen MR) is 116 cm³/mol. The Bertz CT molecular complexity index is 1130. The minimum atomic E-state index is 0.865. The molecular weight excluding hydrogens is 350 g/mol. The zero-order chi connectivity index (χ0) is 19.1. The van der Waals surface area contributed by atoms with E-state index in [1.54, 1.807) is 17.7 Å². The average Bonchev–Trinajstić information content (AvgIpc) is 3.05. The first-order valence-electron chi connectivity index (χ1n) is 9.08. The van der Waals surface area contributed by atoms with Gasteiger partial charge >= 0.3 is 0 Å². The van der Waals surface area contributed by atoms with Crippen LogP contribution in [0.4, 0.5) is 11.5 Å². The number of thiophene rings is 1. The quantitative estimate of drug-likeness (QED) is 0.437. The molecule has 0 aliphatic carbocycles. The summed E-state index contributed by atoms with van der Waals surface area (Å²) in [5.74, 6) is 0.865. The van der Waals surface area contributed by atoms with Crippen LogP contribution in [-0.4, -0.2) is 9.97 Å². The first kappa shape index (κ1) is 17.7. The average molecular weight is 374 g/mol. The first-order chi connectivity index (χ1) is 12.9. The Kier molecular flexibility index (Phi) is 4.44. The summed E-state index contributed by atoms with van der Waals surface area (Å²) in [7, 11) is 0. The Morgan fingerprint density at radius 3 is 2.26 bits per heavy atom. The number of aromatic nitrogens is 2. The van der Waals surface area contributed by atoms with Gasteiger partial charge in [-0.3, -0.25) is 0 Å². The topological polar surface area (TPSA) is 37.8 Å². The number of hydrogen-bond donors (Lipinski definition) is 1. The van der Waals surface area contributed by atoms with Crippen molar-refractivity contribution >= 4 is 33.1 Å². The minimum Gasteiger partial charge on any atom is -0.339 e. The largest absolute Gasteiger partial charge is 0.339 e.